The van der Waals surface area contributed by atoms with Gasteiger partial charge in [0.25, 0.3) is 0 Å². The number of aryl methyl sites for hydroxylation is 3. The molecule has 0 saturated heterocycles. The number of aromatic nitrogens is 3. The topological polar surface area (TPSA) is 47.8 Å². The van der Waals surface area contributed by atoms with Crippen molar-refractivity contribution < 1.29 is 4.79 Å². The lowest BCUT2D eigenvalue weighted by atomic mass is 10.0. The van der Waals surface area contributed by atoms with Crippen LogP contribution in [-0.4, -0.2) is 20.5 Å². The summed E-state index contributed by atoms with van der Waals surface area (Å²) in [7, 11) is 1.88. The summed E-state index contributed by atoms with van der Waals surface area (Å²) >= 11 is 0. The van der Waals surface area contributed by atoms with Gasteiger partial charge in [-0.2, -0.15) is 5.10 Å². The van der Waals surface area contributed by atoms with Crippen LogP contribution < -0.4 is 0 Å². The van der Waals surface area contributed by atoms with Crippen molar-refractivity contribution in [2.24, 2.45) is 7.05 Å². The number of rotatable bonds is 4. The van der Waals surface area contributed by atoms with Crippen LogP contribution in [0.1, 0.15) is 28.2 Å². The fourth-order valence-corrected chi connectivity index (χ4v) is 1.80. The Morgan fingerprint density at radius 2 is 2.18 bits per heavy atom. The smallest absolute Gasteiger partial charge is 0.165 e. The lowest BCUT2D eigenvalue weighted by molar-refractivity contribution is 0.0981. The quantitative estimate of drug-likeness (QED) is 0.753. The average molecular weight is 229 g/mol. The molecule has 0 saturated carbocycles. The molecular formula is C13H15N3O. The number of carbonyl (C=O) groups excluding carboxylic acids is 1. The van der Waals surface area contributed by atoms with Gasteiger partial charge >= 0.3 is 0 Å². The predicted octanol–water partition coefficient (Wildman–Crippen LogP) is 1.94. The van der Waals surface area contributed by atoms with E-state index in [9.17, 15) is 4.79 Å². The fraction of sp³-hybridized carbons (Fsp3) is 0.308. The Hall–Kier alpha value is -1.97. The first-order chi connectivity index (χ1) is 8.18. The van der Waals surface area contributed by atoms with Gasteiger partial charge in [0.2, 0.25) is 0 Å². The predicted molar refractivity (Wildman–Crippen MR) is 64.8 cm³/mol. The van der Waals surface area contributed by atoms with Gasteiger partial charge in [-0.1, -0.05) is 0 Å². The second kappa shape index (κ2) is 4.91. The highest BCUT2D eigenvalue weighted by atomic mass is 16.1. The van der Waals surface area contributed by atoms with E-state index in [0.717, 1.165) is 17.0 Å². The maximum absolute atomic E-state index is 12.0. The molecule has 2 aromatic rings. The molecule has 4 nitrogen and oxygen atoms in total. The van der Waals surface area contributed by atoms with E-state index in [2.05, 4.69) is 10.1 Å². The molecule has 2 aromatic heterocycles. The standard InChI is InChI=1S/C13H15N3O/c1-10-12(4-3-8-14-10)13(17)6-5-11-7-9-15-16(11)2/h3-4,7-9H,5-6H2,1-2H3. The second-order valence-electron chi connectivity index (χ2n) is 4.01. The van der Waals surface area contributed by atoms with E-state index in [0.29, 0.717) is 12.8 Å². The molecule has 0 unspecified atom stereocenters. The molecule has 88 valence electrons. The summed E-state index contributed by atoms with van der Waals surface area (Å²) in [6.45, 7) is 1.86. The van der Waals surface area contributed by atoms with Crippen LogP contribution >= 0.6 is 0 Å². The molecule has 0 aromatic carbocycles. The molecule has 0 aliphatic carbocycles. The summed E-state index contributed by atoms with van der Waals surface area (Å²) in [5.41, 5.74) is 2.58. The molecule has 0 aliphatic rings. The summed E-state index contributed by atoms with van der Waals surface area (Å²) in [6.07, 6.45) is 4.65. The second-order valence-corrected chi connectivity index (χ2v) is 4.01. The van der Waals surface area contributed by atoms with Crippen LogP contribution in [0.5, 0.6) is 0 Å². The Balaban J connectivity index is 2.04. The minimum atomic E-state index is 0.136. The number of pyridine rings is 1. The SMILES string of the molecule is Cc1ncccc1C(=O)CCc1ccnn1C. The minimum absolute atomic E-state index is 0.136. The highest BCUT2D eigenvalue weighted by molar-refractivity contribution is 5.97. The minimum Gasteiger partial charge on any atom is -0.294 e. The highest BCUT2D eigenvalue weighted by Gasteiger charge is 2.10. The lowest BCUT2D eigenvalue weighted by Crippen LogP contribution is -2.06. The van der Waals surface area contributed by atoms with Crippen LogP contribution in [0.3, 0.4) is 0 Å². The molecular weight excluding hydrogens is 214 g/mol. The van der Waals surface area contributed by atoms with Gasteiger partial charge in [-0.15, -0.1) is 0 Å². The van der Waals surface area contributed by atoms with E-state index < -0.39 is 0 Å². The summed E-state index contributed by atoms with van der Waals surface area (Å²) in [6, 6.07) is 5.56. The van der Waals surface area contributed by atoms with Crippen molar-refractivity contribution in [2.45, 2.75) is 19.8 Å². The van der Waals surface area contributed by atoms with Gasteiger partial charge < -0.3 is 0 Å². The Morgan fingerprint density at radius 3 is 2.82 bits per heavy atom. The summed E-state index contributed by atoms with van der Waals surface area (Å²) < 4.78 is 1.80. The van der Waals surface area contributed by atoms with Gasteiger partial charge in [0.15, 0.2) is 5.78 Å². The molecule has 17 heavy (non-hydrogen) atoms. The third-order valence-electron chi connectivity index (χ3n) is 2.84. The van der Waals surface area contributed by atoms with E-state index in [1.165, 1.54) is 0 Å². The summed E-state index contributed by atoms with van der Waals surface area (Å²) in [5, 5.41) is 4.08. The maximum atomic E-state index is 12.0. The van der Waals surface area contributed by atoms with Crippen molar-refractivity contribution in [3.63, 3.8) is 0 Å². The highest BCUT2D eigenvalue weighted by Crippen LogP contribution is 2.10. The molecule has 2 heterocycles. The lowest BCUT2D eigenvalue weighted by Gasteiger charge is -2.04. The van der Waals surface area contributed by atoms with Crippen LogP contribution in [0.15, 0.2) is 30.6 Å². The molecule has 0 N–H and O–H groups in total. The molecule has 0 fully saturated rings. The molecule has 4 heteroatoms. The number of hydrogen-bond donors (Lipinski definition) is 0. The first kappa shape index (κ1) is 11.5. The van der Waals surface area contributed by atoms with Crippen LogP contribution in [0, 0.1) is 6.92 Å². The van der Waals surface area contributed by atoms with Crippen LogP contribution in [0.25, 0.3) is 0 Å². The number of nitrogens with zero attached hydrogens (tertiary/aromatic N) is 3. The molecule has 0 amide bonds. The van der Waals surface area contributed by atoms with Gasteiger partial charge in [0.1, 0.15) is 0 Å². The van der Waals surface area contributed by atoms with Crippen LogP contribution in [0.2, 0.25) is 0 Å². The number of carbonyl (C=O) groups is 1. The van der Waals surface area contributed by atoms with Crippen molar-refractivity contribution in [1.82, 2.24) is 14.8 Å². The molecule has 0 aliphatic heterocycles. The first-order valence-electron chi connectivity index (χ1n) is 5.60. The van der Waals surface area contributed by atoms with Crippen LogP contribution in [0.4, 0.5) is 0 Å². The van der Waals surface area contributed by atoms with E-state index in [-0.39, 0.29) is 5.78 Å². The zero-order chi connectivity index (χ0) is 12.3. The Labute approximate surface area is 100 Å². The van der Waals surface area contributed by atoms with Crippen LogP contribution in [-0.2, 0) is 13.5 Å². The molecule has 0 radical (unpaired) electrons. The van der Waals surface area contributed by atoms with Crippen molar-refractivity contribution in [2.75, 3.05) is 0 Å². The maximum Gasteiger partial charge on any atom is 0.165 e. The van der Waals surface area contributed by atoms with Crippen molar-refractivity contribution in [3.8, 4) is 0 Å². The third-order valence-corrected chi connectivity index (χ3v) is 2.84. The Bertz CT molecular complexity index is 531. The summed E-state index contributed by atoms with van der Waals surface area (Å²) in [5.74, 6) is 0.136. The van der Waals surface area contributed by atoms with Crippen molar-refractivity contribution in [1.29, 1.82) is 0 Å². The molecule has 2 rings (SSSR count). The van der Waals surface area contributed by atoms with Gasteiger partial charge in [-0.05, 0) is 31.5 Å². The number of ketones is 1. The summed E-state index contributed by atoms with van der Waals surface area (Å²) in [4.78, 5) is 16.1. The van der Waals surface area contributed by atoms with E-state index in [1.54, 1.807) is 23.1 Å². The molecule has 0 spiro atoms. The first-order valence-corrected chi connectivity index (χ1v) is 5.60. The largest absolute Gasteiger partial charge is 0.294 e. The number of hydrogen-bond acceptors (Lipinski definition) is 3. The molecule has 0 bridgehead atoms. The van der Waals surface area contributed by atoms with E-state index in [4.69, 9.17) is 0 Å². The zero-order valence-electron chi connectivity index (χ0n) is 10.1. The average Bonchev–Trinajstić information content (AvgIpc) is 2.72. The van der Waals surface area contributed by atoms with E-state index >= 15 is 0 Å². The normalized spacial score (nSPS) is 10.5. The Morgan fingerprint density at radius 1 is 1.35 bits per heavy atom. The van der Waals surface area contributed by atoms with E-state index in [1.807, 2.05) is 26.1 Å². The van der Waals surface area contributed by atoms with Gasteiger partial charge in [-0.3, -0.25) is 14.5 Å². The van der Waals surface area contributed by atoms with Crippen molar-refractivity contribution in [3.05, 3.63) is 47.5 Å². The monoisotopic (exact) mass is 229 g/mol. The third kappa shape index (κ3) is 2.58. The van der Waals surface area contributed by atoms with Gasteiger partial charge in [-0.25, -0.2) is 0 Å². The van der Waals surface area contributed by atoms with Gasteiger partial charge in [0.05, 0.1) is 0 Å². The Kier molecular flexibility index (Phi) is 3.32. The fourth-order valence-electron chi connectivity index (χ4n) is 1.80. The van der Waals surface area contributed by atoms with Gasteiger partial charge in [0, 0.05) is 42.8 Å². The molecule has 0 atom stereocenters. The zero-order valence-corrected chi connectivity index (χ0v) is 10.1. The van der Waals surface area contributed by atoms with Crippen molar-refractivity contribution >= 4 is 5.78 Å². The number of Topliss-reactive ketones (excluding diaryl/α,β-unsaturated/α-hetero) is 1.